The van der Waals surface area contributed by atoms with Crippen molar-refractivity contribution in [1.29, 1.82) is 0 Å². The van der Waals surface area contributed by atoms with Gasteiger partial charge in [0.2, 0.25) is 0 Å². The van der Waals surface area contributed by atoms with E-state index < -0.39 is 0 Å². The monoisotopic (exact) mass is 247 g/mol. The van der Waals surface area contributed by atoms with Gasteiger partial charge in [0.05, 0.1) is 18.5 Å². The molecule has 0 radical (unpaired) electrons. The van der Waals surface area contributed by atoms with Crippen LogP contribution < -0.4 is 5.32 Å². The molecule has 2 heterocycles. The fourth-order valence-corrected chi connectivity index (χ4v) is 2.08. The van der Waals surface area contributed by atoms with Crippen molar-refractivity contribution >= 4 is 0 Å². The van der Waals surface area contributed by atoms with E-state index in [1.165, 1.54) is 5.56 Å². The number of aromatic nitrogens is 2. The summed E-state index contributed by atoms with van der Waals surface area (Å²) in [5.41, 5.74) is 3.38. The summed E-state index contributed by atoms with van der Waals surface area (Å²) in [6.45, 7) is 8.95. The van der Waals surface area contributed by atoms with Gasteiger partial charge in [0.1, 0.15) is 5.76 Å². The highest BCUT2D eigenvalue weighted by molar-refractivity contribution is 5.66. The van der Waals surface area contributed by atoms with Crippen LogP contribution in [-0.4, -0.2) is 16.3 Å². The molecular formula is C14H21N3O. The van der Waals surface area contributed by atoms with Gasteiger partial charge in [-0.15, -0.1) is 0 Å². The fourth-order valence-electron chi connectivity index (χ4n) is 2.08. The van der Waals surface area contributed by atoms with Crippen molar-refractivity contribution in [3.8, 4) is 11.1 Å². The van der Waals surface area contributed by atoms with Gasteiger partial charge in [-0.05, 0) is 26.0 Å². The van der Waals surface area contributed by atoms with Crippen molar-refractivity contribution in [2.75, 3.05) is 6.54 Å². The first-order valence-corrected chi connectivity index (χ1v) is 6.57. The van der Waals surface area contributed by atoms with Crippen LogP contribution in [0.3, 0.4) is 0 Å². The minimum atomic E-state index is 0.761. The van der Waals surface area contributed by atoms with Crippen LogP contribution in [0.5, 0.6) is 0 Å². The Bertz CT molecular complexity index is 499. The van der Waals surface area contributed by atoms with Gasteiger partial charge >= 0.3 is 0 Å². The minimum Gasteiger partial charge on any atom is -0.467 e. The minimum absolute atomic E-state index is 0.761. The standard InChI is InChI=1S/C14H21N3O/c1-4-7-17-10-13(11(3)16-17)12-6-8-18-14(12)9-15-5-2/h6,8,10,15H,4-5,7,9H2,1-3H3. The average Bonchev–Trinajstić information content (AvgIpc) is 2.93. The molecule has 0 aliphatic carbocycles. The van der Waals surface area contributed by atoms with Crippen LogP contribution in [0.25, 0.3) is 11.1 Å². The third-order valence-corrected chi connectivity index (χ3v) is 2.97. The number of rotatable bonds is 6. The summed E-state index contributed by atoms with van der Waals surface area (Å²) in [5, 5.41) is 7.82. The Morgan fingerprint density at radius 3 is 2.89 bits per heavy atom. The van der Waals surface area contributed by atoms with E-state index in [4.69, 9.17) is 4.42 Å². The van der Waals surface area contributed by atoms with Gasteiger partial charge in [-0.2, -0.15) is 5.10 Å². The van der Waals surface area contributed by atoms with E-state index in [1.807, 2.05) is 17.7 Å². The molecule has 0 atom stereocenters. The van der Waals surface area contributed by atoms with Gasteiger partial charge in [-0.3, -0.25) is 4.68 Å². The first-order chi connectivity index (χ1) is 8.76. The highest BCUT2D eigenvalue weighted by atomic mass is 16.3. The average molecular weight is 247 g/mol. The van der Waals surface area contributed by atoms with Crippen molar-refractivity contribution in [3.05, 3.63) is 30.0 Å². The smallest absolute Gasteiger partial charge is 0.125 e. The molecule has 0 spiro atoms. The molecular weight excluding hydrogens is 226 g/mol. The molecule has 4 nitrogen and oxygen atoms in total. The zero-order valence-corrected chi connectivity index (χ0v) is 11.4. The molecule has 0 amide bonds. The molecule has 0 saturated heterocycles. The third kappa shape index (κ3) is 2.64. The lowest BCUT2D eigenvalue weighted by molar-refractivity contribution is 0.489. The van der Waals surface area contributed by atoms with Gasteiger partial charge in [0.25, 0.3) is 0 Å². The van der Waals surface area contributed by atoms with Gasteiger partial charge in [0, 0.05) is 23.9 Å². The number of aryl methyl sites for hydroxylation is 2. The van der Waals surface area contributed by atoms with Crippen molar-refractivity contribution in [3.63, 3.8) is 0 Å². The second-order valence-corrected chi connectivity index (χ2v) is 4.43. The zero-order valence-electron chi connectivity index (χ0n) is 11.4. The summed E-state index contributed by atoms with van der Waals surface area (Å²) in [4.78, 5) is 0. The predicted molar refractivity (Wildman–Crippen MR) is 72.3 cm³/mol. The van der Waals surface area contributed by atoms with Crippen LogP contribution in [0.1, 0.15) is 31.7 Å². The van der Waals surface area contributed by atoms with Crippen LogP contribution in [0.4, 0.5) is 0 Å². The van der Waals surface area contributed by atoms with Crippen LogP contribution in [-0.2, 0) is 13.1 Å². The number of hydrogen-bond donors (Lipinski definition) is 1. The molecule has 98 valence electrons. The first kappa shape index (κ1) is 12.9. The number of furan rings is 1. The molecule has 0 bridgehead atoms. The second-order valence-electron chi connectivity index (χ2n) is 4.43. The first-order valence-electron chi connectivity index (χ1n) is 6.57. The van der Waals surface area contributed by atoms with E-state index in [-0.39, 0.29) is 0 Å². The van der Waals surface area contributed by atoms with E-state index in [2.05, 4.69) is 30.5 Å². The molecule has 2 aromatic rings. The van der Waals surface area contributed by atoms with Gasteiger partial charge in [0.15, 0.2) is 0 Å². The Hall–Kier alpha value is -1.55. The Balaban J connectivity index is 2.27. The number of nitrogens with one attached hydrogen (secondary N) is 1. The normalized spacial score (nSPS) is 11.1. The summed E-state index contributed by atoms with van der Waals surface area (Å²) < 4.78 is 7.55. The Labute approximate surface area is 108 Å². The lowest BCUT2D eigenvalue weighted by Crippen LogP contribution is -2.11. The molecule has 0 fully saturated rings. The van der Waals surface area contributed by atoms with Crippen LogP contribution in [0, 0.1) is 6.92 Å². The maximum atomic E-state index is 5.55. The number of hydrogen-bond acceptors (Lipinski definition) is 3. The van der Waals surface area contributed by atoms with Gasteiger partial charge in [-0.25, -0.2) is 0 Å². The number of nitrogens with zero attached hydrogens (tertiary/aromatic N) is 2. The lowest BCUT2D eigenvalue weighted by atomic mass is 10.1. The van der Waals surface area contributed by atoms with Crippen molar-refractivity contribution in [2.45, 2.75) is 40.3 Å². The van der Waals surface area contributed by atoms with E-state index >= 15 is 0 Å². The molecule has 4 heteroatoms. The Morgan fingerprint density at radius 1 is 1.33 bits per heavy atom. The molecule has 2 rings (SSSR count). The molecule has 0 unspecified atom stereocenters. The molecule has 0 aliphatic rings. The van der Waals surface area contributed by atoms with E-state index in [0.717, 1.165) is 43.1 Å². The molecule has 0 saturated carbocycles. The van der Waals surface area contributed by atoms with E-state index in [0.29, 0.717) is 0 Å². The zero-order chi connectivity index (χ0) is 13.0. The quantitative estimate of drug-likeness (QED) is 0.853. The SMILES string of the molecule is CCCn1cc(-c2ccoc2CNCC)c(C)n1. The molecule has 0 aromatic carbocycles. The van der Waals surface area contributed by atoms with E-state index in [9.17, 15) is 0 Å². The summed E-state index contributed by atoms with van der Waals surface area (Å²) in [5.74, 6) is 0.982. The third-order valence-electron chi connectivity index (χ3n) is 2.97. The summed E-state index contributed by atoms with van der Waals surface area (Å²) in [7, 11) is 0. The summed E-state index contributed by atoms with van der Waals surface area (Å²) >= 11 is 0. The van der Waals surface area contributed by atoms with E-state index in [1.54, 1.807) is 6.26 Å². The lowest BCUT2D eigenvalue weighted by Gasteiger charge is -2.02. The van der Waals surface area contributed by atoms with Crippen molar-refractivity contribution in [1.82, 2.24) is 15.1 Å². The fraction of sp³-hybridized carbons (Fsp3) is 0.500. The maximum Gasteiger partial charge on any atom is 0.125 e. The Morgan fingerprint density at radius 2 is 2.17 bits per heavy atom. The molecule has 18 heavy (non-hydrogen) atoms. The van der Waals surface area contributed by atoms with Gasteiger partial charge < -0.3 is 9.73 Å². The highest BCUT2D eigenvalue weighted by Crippen LogP contribution is 2.27. The van der Waals surface area contributed by atoms with Crippen molar-refractivity contribution < 1.29 is 4.42 Å². The molecule has 0 aliphatic heterocycles. The second kappa shape index (κ2) is 5.87. The highest BCUT2D eigenvalue weighted by Gasteiger charge is 2.13. The summed E-state index contributed by atoms with van der Waals surface area (Å²) in [6.07, 6.45) is 4.95. The van der Waals surface area contributed by atoms with Crippen LogP contribution >= 0.6 is 0 Å². The largest absolute Gasteiger partial charge is 0.467 e. The van der Waals surface area contributed by atoms with Gasteiger partial charge in [-0.1, -0.05) is 13.8 Å². The predicted octanol–water partition coefficient (Wildman–Crippen LogP) is 2.97. The van der Waals surface area contributed by atoms with Crippen LogP contribution in [0.15, 0.2) is 22.9 Å². The molecule has 2 aromatic heterocycles. The molecule has 1 N–H and O–H groups in total. The van der Waals surface area contributed by atoms with Crippen molar-refractivity contribution in [2.24, 2.45) is 0 Å². The Kier molecular flexibility index (Phi) is 4.20. The summed E-state index contributed by atoms with van der Waals surface area (Å²) in [6, 6.07) is 2.02. The topological polar surface area (TPSA) is 43.0 Å². The maximum absolute atomic E-state index is 5.55. The van der Waals surface area contributed by atoms with Crippen LogP contribution in [0.2, 0.25) is 0 Å².